The minimum Gasteiger partial charge on any atom is -0.398 e. The summed E-state index contributed by atoms with van der Waals surface area (Å²) in [5, 5.41) is 13.7. The molecule has 1 heterocycles. The molecule has 0 spiro atoms. The van der Waals surface area contributed by atoms with Crippen LogP contribution in [0.4, 0.5) is 17.1 Å². The third kappa shape index (κ3) is 2.91. The molecule has 2 rings (SSSR count). The zero-order valence-corrected chi connectivity index (χ0v) is 9.61. The van der Waals surface area contributed by atoms with E-state index in [2.05, 4.69) is 10.3 Å². The summed E-state index contributed by atoms with van der Waals surface area (Å²) in [6, 6.07) is 4.45. The van der Waals surface area contributed by atoms with Gasteiger partial charge < -0.3 is 11.1 Å². The molecule has 3 N–H and O–H groups in total. The fourth-order valence-corrected chi connectivity index (χ4v) is 1.90. The Morgan fingerprint density at radius 1 is 1.47 bits per heavy atom. The van der Waals surface area contributed by atoms with E-state index in [1.807, 2.05) is 0 Å². The van der Waals surface area contributed by atoms with Crippen molar-refractivity contribution < 1.29 is 4.92 Å². The van der Waals surface area contributed by atoms with Crippen LogP contribution >= 0.6 is 11.3 Å². The van der Waals surface area contributed by atoms with Crippen LogP contribution in [0.15, 0.2) is 29.9 Å². The van der Waals surface area contributed by atoms with Crippen LogP contribution in [0.1, 0.15) is 4.88 Å². The van der Waals surface area contributed by atoms with E-state index in [1.54, 1.807) is 17.8 Å². The molecule has 0 fully saturated rings. The van der Waals surface area contributed by atoms with E-state index in [9.17, 15) is 10.1 Å². The normalized spacial score (nSPS) is 10.1. The van der Waals surface area contributed by atoms with Crippen LogP contribution in [0.2, 0.25) is 0 Å². The standard InChI is InChI=1S/C10H10N4O2S/c11-7-1-8(3-9(2-7)14(15)16)13-5-10-4-12-6-17-10/h1-4,6,13H,5,11H2. The summed E-state index contributed by atoms with van der Waals surface area (Å²) in [6.07, 6.45) is 1.75. The van der Waals surface area contributed by atoms with Gasteiger partial charge in [0.15, 0.2) is 0 Å². The van der Waals surface area contributed by atoms with E-state index in [0.717, 1.165) is 4.88 Å². The Bertz CT molecular complexity index is 527. The first-order chi connectivity index (χ1) is 8.15. The zero-order chi connectivity index (χ0) is 12.3. The zero-order valence-electron chi connectivity index (χ0n) is 8.79. The number of nitrogens with two attached hydrogens (primary N) is 1. The Labute approximate surface area is 101 Å². The van der Waals surface area contributed by atoms with Gasteiger partial charge in [0.1, 0.15) is 0 Å². The number of benzene rings is 1. The molecular weight excluding hydrogens is 240 g/mol. The molecule has 1 aromatic heterocycles. The molecule has 0 bridgehead atoms. The van der Waals surface area contributed by atoms with Crippen LogP contribution in [-0.2, 0) is 6.54 Å². The number of nitrogens with zero attached hydrogens (tertiary/aromatic N) is 2. The molecule has 6 nitrogen and oxygen atoms in total. The minimum absolute atomic E-state index is 0.0168. The Morgan fingerprint density at radius 3 is 2.94 bits per heavy atom. The van der Waals surface area contributed by atoms with Crippen molar-refractivity contribution in [2.75, 3.05) is 11.1 Å². The lowest BCUT2D eigenvalue weighted by molar-refractivity contribution is -0.384. The average Bonchev–Trinajstić information content (AvgIpc) is 2.78. The highest BCUT2D eigenvalue weighted by atomic mass is 32.1. The van der Waals surface area contributed by atoms with Crippen molar-refractivity contribution in [1.82, 2.24) is 4.98 Å². The van der Waals surface area contributed by atoms with E-state index >= 15 is 0 Å². The van der Waals surface area contributed by atoms with Crippen LogP contribution in [0.3, 0.4) is 0 Å². The highest BCUT2D eigenvalue weighted by Crippen LogP contribution is 2.23. The molecule has 17 heavy (non-hydrogen) atoms. The number of nitrogens with one attached hydrogen (secondary N) is 1. The quantitative estimate of drug-likeness (QED) is 0.493. The van der Waals surface area contributed by atoms with Gasteiger partial charge in [0, 0.05) is 34.6 Å². The molecule has 88 valence electrons. The summed E-state index contributed by atoms with van der Waals surface area (Å²) in [4.78, 5) is 15.2. The van der Waals surface area contributed by atoms with Gasteiger partial charge in [0.25, 0.3) is 5.69 Å². The van der Waals surface area contributed by atoms with Crippen LogP contribution in [0, 0.1) is 10.1 Å². The van der Waals surface area contributed by atoms with Crippen LogP contribution in [0.25, 0.3) is 0 Å². The van der Waals surface area contributed by atoms with Gasteiger partial charge in [-0.1, -0.05) is 0 Å². The molecule has 1 aromatic carbocycles. The molecule has 0 radical (unpaired) electrons. The summed E-state index contributed by atoms with van der Waals surface area (Å²) < 4.78 is 0. The third-order valence-electron chi connectivity index (χ3n) is 2.10. The van der Waals surface area contributed by atoms with Gasteiger partial charge in [0.05, 0.1) is 17.0 Å². The van der Waals surface area contributed by atoms with E-state index in [-0.39, 0.29) is 5.69 Å². The number of nitro groups is 1. The minimum atomic E-state index is -0.464. The van der Waals surface area contributed by atoms with Crippen LogP contribution < -0.4 is 11.1 Å². The van der Waals surface area contributed by atoms with E-state index in [1.165, 1.54) is 23.5 Å². The van der Waals surface area contributed by atoms with Gasteiger partial charge in [-0.15, -0.1) is 11.3 Å². The number of aromatic nitrogens is 1. The maximum Gasteiger partial charge on any atom is 0.273 e. The third-order valence-corrected chi connectivity index (χ3v) is 2.88. The average molecular weight is 250 g/mol. The van der Waals surface area contributed by atoms with Crippen molar-refractivity contribution in [3.63, 3.8) is 0 Å². The van der Waals surface area contributed by atoms with Crippen molar-refractivity contribution in [3.8, 4) is 0 Å². The Morgan fingerprint density at radius 2 is 2.29 bits per heavy atom. The second kappa shape index (κ2) is 4.79. The molecule has 7 heteroatoms. The van der Waals surface area contributed by atoms with Crippen molar-refractivity contribution in [3.05, 3.63) is 44.9 Å². The summed E-state index contributed by atoms with van der Waals surface area (Å²) in [5.74, 6) is 0. The van der Waals surface area contributed by atoms with Crippen LogP contribution in [0.5, 0.6) is 0 Å². The second-order valence-corrected chi connectivity index (χ2v) is 4.36. The van der Waals surface area contributed by atoms with Crippen molar-refractivity contribution in [1.29, 1.82) is 0 Å². The molecule has 0 unspecified atom stereocenters. The van der Waals surface area contributed by atoms with Crippen molar-refractivity contribution >= 4 is 28.4 Å². The molecule has 0 aliphatic heterocycles. The van der Waals surface area contributed by atoms with E-state index < -0.39 is 4.92 Å². The van der Waals surface area contributed by atoms with Crippen molar-refractivity contribution in [2.45, 2.75) is 6.54 Å². The van der Waals surface area contributed by atoms with Gasteiger partial charge in [-0.25, -0.2) is 0 Å². The van der Waals surface area contributed by atoms with E-state index in [4.69, 9.17) is 5.73 Å². The maximum absolute atomic E-state index is 10.7. The van der Waals surface area contributed by atoms with E-state index in [0.29, 0.717) is 17.9 Å². The van der Waals surface area contributed by atoms with Crippen LogP contribution in [-0.4, -0.2) is 9.91 Å². The first-order valence-corrected chi connectivity index (χ1v) is 5.69. The van der Waals surface area contributed by atoms with Gasteiger partial charge in [0.2, 0.25) is 0 Å². The lowest BCUT2D eigenvalue weighted by Gasteiger charge is -2.05. The highest BCUT2D eigenvalue weighted by Gasteiger charge is 2.08. The number of anilines is 2. The second-order valence-electron chi connectivity index (χ2n) is 3.39. The number of nitrogen functional groups attached to an aromatic ring is 1. The van der Waals surface area contributed by atoms with Gasteiger partial charge in [-0.05, 0) is 6.07 Å². The predicted octanol–water partition coefficient (Wildman–Crippen LogP) is 2.25. The fourth-order valence-electron chi connectivity index (χ4n) is 1.36. The molecule has 0 aliphatic rings. The molecule has 0 atom stereocenters. The molecule has 0 saturated carbocycles. The molecular formula is C10H10N4O2S. The summed E-state index contributed by atoms with van der Waals surface area (Å²) in [7, 11) is 0. The topological polar surface area (TPSA) is 94.1 Å². The molecule has 0 saturated heterocycles. The SMILES string of the molecule is Nc1cc(NCc2cncs2)cc([N+](=O)[O-])c1. The largest absolute Gasteiger partial charge is 0.398 e. The number of rotatable bonds is 4. The maximum atomic E-state index is 10.7. The fraction of sp³-hybridized carbons (Fsp3) is 0.100. The Hall–Kier alpha value is -2.15. The predicted molar refractivity (Wildman–Crippen MR) is 66.9 cm³/mol. The summed E-state index contributed by atoms with van der Waals surface area (Å²) >= 11 is 1.52. The number of nitro benzene ring substituents is 1. The van der Waals surface area contributed by atoms with Gasteiger partial charge in [-0.2, -0.15) is 0 Å². The van der Waals surface area contributed by atoms with Gasteiger partial charge >= 0.3 is 0 Å². The summed E-state index contributed by atoms with van der Waals surface area (Å²) in [5.41, 5.74) is 8.31. The van der Waals surface area contributed by atoms with Gasteiger partial charge in [-0.3, -0.25) is 15.1 Å². The number of thiazole rings is 1. The molecule has 2 aromatic rings. The van der Waals surface area contributed by atoms with Crippen molar-refractivity contribution in [2.24, 2.45) is 0 Å². The highest BCUT2D eigenvalue weighted by molar-refractivity contribution is 7.09. The Balaban J connectivity index is 2.13. The number of hydrogen-bond acceptors (Lipinski definition) is 6. The number of non-ortho nitro benzene ring substituents is 1. The summed E-state index contributed by atoms with van der Waals surface area (Å²) in [6.45, 7) is 0.575. The smallest absolute Gasteiger partial charge is 0.273 e. The molecule has 0 amide bonds. The first kappa shape index (κ1) is 11.3. The number of hydrogen-bond donors (Lipinski definition) is 2. The Kier molecular flexibility index (Phi) is 3.20. The lowest BCUT2D eigenvalue weighted by atomic mass is 10.2. The first-order valence-electron chi connectivity index (χ1n) is 4.81. The lowest BCUT2D eigenvalue weighted by Crippen LogP contribution is -2.00. The monoisotopic (exact) mass is 250 g/mol. The molecule has 0 aliphatic carbocycles.